The smallest absolute Gasteiger partial charge is 0.325 e. The Labute approximate surface area is 129 Å². The average Bonchev–Trinajstić information content (AvgIpc) is 2.57. The first kappa shape index (κ1) is 15.6. The number of likely N-dealkylation sites (N-methyl/N-ethyl adjacent to an activating group) is 1. The van der Waals surface area contributed by atoms with Crippen LogP contribution in [0.25, 0.3) is 0 Å². The largest absolute Gasteiger partial charge is 0.456 e. The summed E-state index contributed by atoms with van der Waals surface area (Å²) >= 11 is 0. The van der Waals surface area contributed by atoms with Crippen LogP contribution in [0.2, 0.25) is 0 Å². The van der Waals surface area contributed by atoms with E-state index in [0.717, 1.165) is 0 Å². The Balaban J connectivity index is 2.49. The van der Waals surface area contributed by atoms with Gasteiger partial charge in [-0.15, -0.1) is 0 Å². The Kier molecular flexibility index (Phi) is 5.14. The fourth-order valence-electron chi connectivity index (χ4n) is 2.01. The lowest BCUT2D eigenvalue weighted by molar-refractivity contribution is -0.759. The van der Waals surface area contributed by atoms with Crippen LogP contribution in [0.3, 0.4) is 0 Å². The SMILES string of the molecule is CNC(=O)C(c1ccccc1Oc1ccccc1)=[N+](C)OC. The highest BCUT2D eigenvalue weighted by atomic mass is 16.6. The number of carbonyl (C=O) groups excluding carboxylic acids is 1. The number of ether oxygens (including phenoxy) is 1. The van der Waals surface area contributed by atoms with Gasteiger partial charge in [-0.05, 0) is 29.0 Å². The molecule has 0 bridgehead atoms. The summed E-state index contributed by atoms with van der Waals surface area (Å²) in [5.41, 5.74) is 1.02. The van der Waals surface area contributed by atoms with E-state index in [-0.39, 0.29) is 5.91 Å². The molecular weight excluding hydrogens is 280 g/mol. The van der Waals surface area contributed by atoms with Crippen molar-refractivity contribution >= 4 is 11.6 Å². The lowest BCUT2D eigenvalue weighted by Gasteiger charge is -2.10. The first-order valence-electron chi connectivity index (χ1n) is 6.86. The maximum atomic E-state index is 12.2. The molecule has 0 aliphatic heterocycles. The lowest BCUT2D eigenvalue weighted by Crippen LogP contribution is -2.35. The molecule has 5 heteroatoms. The van der Waals surface area contributed by atoms with Gasteiger partial charge in [-0.2, -0.15) is 0 Å². The van der Waals surface area contributed by atoms with Crippen LogP contribution in [-0.2, 0) is 9.63 Å². The van der Waals surface area contributed by atoms with Crippen LogP contribution in [0.1, 0.15) is 5.56 Å². The summed E-state index contributed by atoms with van der Waals surface area (Å²) in [6.07, 6.45) is 0. The second-order valence-corrected chi connectivity index (χ2v) is 4.52. The predicted molar refractivity (Wildman–Crippen MR) is 84.3 cm³/mol. The molecule has 0 aliphatic carbocycles. The first-order chi connectivity index (χ1) is 10.7. The molecule has 0 unspecified atom stereocenters. The zero-order valence-corrected chi connectivity index (χ0v) is 12.9. The maximum Gasteiger partial charge on any atom is 0.325 e. The standard InChI is InChI=1S/C17H18N2O3/c1-18-17(20)16(19(2)21-3)14-11-7-8-12-15(14)22-13-9-5-4-6-10-13/h4-12H,1-3H3/p+1. The van der Waals surface area contributed by atoms with E-state index in [1.807, 2.05) is 54.6 Å². The third-order valence-electron chi connectivity index (χ3n) is 3.14. The summed E-state index contributed by atoms with van der Waals surface area (Å²) in [7, 11) is 4.75. The van der Waals surface area contributed by atoms with Crippen molar-refractivity contribution in [2.24, 2.45) is 0 Å². The molecule has 22 heavy (non-hydrogen) atoms. The monoisotopic (exact) mass is 299 g/mol. The van der Waals surface area contributed by atoms with E-state index >= 15 is 0 Å². The van der Waals surface area contributed by atoms with Crippen molar-refractivity contribution in [2.75, 3.05) is 21.2 Å². The fourth-order valence-corrected chi connectivity index (χ4v) is 2.01. The van der Waals surface area contributed by atoms with Crippen molar-refractivity contribution in [3.05, 3.63) is 60.2 Å². The third kappa shape index (κ3) is 3.44. The van der Waals surface area contributed by atoms with Crippen LogP contribution in [0.4, 0.5) is 0 Å². The quantitative estimate of drug-likeness (QED) is 0.523. The number of rotatable bonds is 5. The minimum Gasteiger partial charge on any atom is -0.456 e. The molecule has 0 saturated heterocycles. The highest BCUT2D eigenvalue weighted by Crippen LogP contribution is 2.25. The number of nitrogens with zero attached hydrogens (tertiary/aromatic N) is 1. The highest BCUT2D eigenvalue weighted by Gasteiger charge is 2.27. The molecule has 0 aromatic heterocycles. The van der Waals surface area contributed by atoms with Gasteiger partial charge in [0.1, 0.15) is 18.6 Å². The van der Waals surface area contributed by atoms with Gasteiger partial charge in [0.25, 0.3) is 0 Å². The van der Waals surface area contributed by atoms with Crippen LogP contribution >= 0.6 is 0 Å². The van der Waals surface area contributed by atoms with Gasteiger partial charge in [0.15, 0.2) is 7.05 Å². The number of nitrogens with one attached hydrogen (secondary N) is 1. The molecular formula is C17H19N2O3+. The zero-order valence-electron chi connectivity index (χ0n) is 12.9. The number of benzene rings is 2. The number of hydrogen-bond acceptors (Lipinski definition) is 3. The minimum absolute atomic E-state index is 0.256. The van der Waals surface area contributed by atoms with Crippen molar-refractivity contribution in [3.63, 3.8) is 0 Å². The number of amides is 1. The Hall–Kier alpha value is -2.82. The summed E-state index contributed by atoms with van der Waals surface area (Å²) in [4.78, 5) is 17.4. The molecule has 114 valence electrons. The predicted octanol–water partition coefficient (Wildman–Crippen LogP) is 2.22. The number of para-hydroxylation sites is 2. The van der Waals surface area contributed by atoms with Gasteiger partial charge in [0.05, 0.1) is 5.56 Å². The van der Waals surface area contributed by atoms with Crippen molar-refractivity contribution in [3.8, 4) is 11.5 Å². The zero-order chi connectivity index (χ0) is 15.9. The molecule has 5 nitrogen and oxygen atoms in total. The van der Waals surface area contributed by atoms with Crippen LogP contribution in [0, 0.1) is 0 Å². The van der Waals surface area contributed by atoms with E-state index in [2.05, 4.69) is 5.32 Å². The van der Waals surface area contributed by atoms with Crippen molar-refractivity contribution < 1.29 is 19.1 Å². The molecule has 0 atom stereocenters. The molecule has 2 aromatic carbocycles. The summed E-state index contributed by atoms with van der Waals surface area (Å²) in [5.74, 6) is 1.02. The van der Waals surface area contributed by atoms with Crippen molar-refractivity contribution in [1.82, 2.24) is 5.32 Å². The molecule has 0 fully saturated rings. The first-order valence-corrected chi connectivity index (χ1v) is 6.86. The molecule has 0 heterocycles. The molecule has 2 aromatic rings. The summed E-state index contributed by atoms with van der Waals surface area (Å²) in [6, 6.07) is 16.8. The molecule has 1 N–H and O–H groups in total. The van der Waals surface area contributed by atoms with Crippen LogP contribution in [-0.4, -0.2) is 37.6 Å². The minimum atomic E-state index is -0.256. The van der Waals surface area contributed by atoms with E-state index < -0.39 is 0 Å². The summed E-state index contributed by atoms with van der Waals surface area (Å²) in [5, 5.41) is 2.62. The van der Waals surface area contributed by atoms with Gasteiger partial charge >= 0.3 is 11.6 Å². The normalized spacial score (nSPS) is 11.4. The van der Waals surface area contributed by atoms with Gasteiger partial charge < -0.3 is 10.1 Å². The Morgan fingerprint density at radius 2 is 1.68 bits per heavy atom. The Morgan fingerprint density at radius 3 is 2.32 bits per heavy atom. The molecule has 1 amide bonds. The van der Waals surface area contributed by atoms with E-state index in [1.54, 1.807) is 14.1 Å². The van der Waals surface area contributed by atoms with E-state index in [1.165, 1.54) is 11.8 Å². The second-order valence-electron chi connectivity index (χ2n) is 4.52. The average molecular weight is 299 g/mol. The highest BCUT2D eigenvalue weighted by molar-refractivity contribution is 6.43. The molecule has 0 saturated carbocycles. The van der Waals surface area contributed by atoms with Crippen molar-refractivity contribution in [1.29, 1.82) is 0 Å². The lowest BCUT2D eigenvalue weighted by atomic mass is 10.1. The third-order valence-corrected chi connectivity index (χ3v) is 3.14. The van der Waals surface area contributed by atoms with Gasteiger partial charge in [-0.3, -0.25) is 9.63 Å². The second kappa shape index (κ2) is 7.26. The molecule has 0 aliphatic rings. The van der Waals surface area contributed by atoms with E-state index in [4.69, 9.17) is 9.57 Å². The fraction of sp³-hybridized carbons (Fsp3) is 0.176. The molecule has 0 spiro atoms. The molecule has 0 radical (unpaired) electrons. The van der Waals surface area contributed by atoms with E-state index in [9.17, 15) is 4.79 Å². The Morgan fingerprint density at radius 1 is 1.05 bits per heavy atom. The number of hydroxylamine groups is 1. The van der Waals surface area contributed by atoms with Gasteiger partial charge in [-0.1, -0.05) is 30.3 Å². The summed E-state index contributed by atoms with van der Waals surface area (Å²) in [6.45, 7) is 0. The van der Waals surface area contributed by atoms with Gasteiger partial charge in [0.2, 0.25) is 0 Å². The number of hydrogen-bond donors (Lipinski definition) is 1. The van der Waals surface area contributed by atoms with Crippen molar-refractivity contribution in [2.45, 2.75) is 0 Å². The number of carbonyl (C=O) groups is 1. The van der Waals surface area contributed by atoms with Crippen LogP contribution in [0.5, 0.6) is 11.5 Å². The van der Waals surface area contributed by atoms with Gasteiger partial charge in [0, 0.05) is 7.05 Å². The topological polar surface area (TPSA) is 50.6 Å². The van der Waals surface area contributed by atoms with E-state index in [0.29, 0.717) is 22.8 Å². The van der Waals surface area contributed by atoms with Crippen LogP contribution in [0.15, 0.2) is 54.6 Å². The van der Waals surface area contributed by atoms with Crippen LogP contribution < -0.4 is 10.1 Å². The Bertz CT molecular complexity index is 681. The summed E-state index contributed by atoms with van der Waals surface area (Å²) < 4.78 is 7.31. The maximum absolute atomic E-state index is 12.2. The van der Waals surface area contributed by atoms with Gasteiger partial charge in [-0.25, -0.2) is 0 Å². The molecule has 2 rings (SSSR count).